The number of nitrogens with one attached hydrogen (secondary N) is 2. The number of rotatable bonds is 5. The van der Waals surface area contributed by atoms with E-state index in [1.54, 1.807) is 0 Å². The summed E-state index contributed by atoms with van der Waals surface area (Å²) in [6, 6.07) is 20.6. The molecule has 0 aliphatic rings. The standard InChI is InChI=1S/C23H19F3N4O/c24-23(25,26)16-11-12-17-18(13-16)28-22(30-21(17)31)29-20(15-9-5-2-6-10-15)19(27)14-7-3-1-4-8-14/h1-13,19-20H,27H2,(H2,28,29,30,31)/t19-,20-/m1/s1. The third-order valence-corrected chi connectivity index (χ3v) is 5.03. The lowest BCUT2D eigenvalue weighted by atomic mass is 9.94. The second-order valence-electron chi connectivity index (χ2n) is 7.11. The van der Waals surface area contributed by atoms with Gasteiger partial charge in [-0.2, -0.15) is 13.2 Å². The molecule has 5 nitrogen and oxygen atoms in total. The van der Waals surface area contributed by atoms with Crippen molar-refractivity contribution in [2.75, 3.05) is 5.32 Å². The second-order valence-corrected chi connectivity index (χ2v) is 7.11. The van der Waals surface area contributed by atoms with Gasteiger partial charge < -0.3 is 11.1 Å². The Labute approximate surface area is 175 Å². The maximum Gasteiger partial charge on any atom is 0.416 e. The van der Waals surface area contributed by atoms with Crippen LogP contribution in [0.2, 0.25) is 0 Å². The number of H-pyrrole nitrogens is 1. The summed E-state index contributed by atoms with van der Waals surface area (Å²) in [4.78, 5) is 19.3. The fourth-order valence-electron chi connectivity index (χ4n) is 3.44. The summed E-state index contributed by atoms with van der Waals surface area (Å²) < 4.78 is 39.3. The molecule has 31 heavy (non-hydrogen) atoms. The van der Waals surface area contributed by atoms with Crippen LogP contribution in [-0.2, 0) is 6.18 Å². The molecule has 0 saturated carbocycles. The lowest BCUT2D eigenvalue weighted by molar-refractivity contribution is -0.137. The van der Waals surface area contributed by atoms with Crippen molar-refractivity contribution in [1.29, 1.82) is 0 Å². The normalized spacial score (nSPS) is 13.7. The van der Waals surface area contributed by atoms with Gasteiger partial charge in [0.15, 0.2) is 0 Å². The minimum Gasteiger partial charge on any atom is -0.347 e. The van der Waals surface area contributed by atoms with Gasteiger partial charge in [-0.25, -0.2) is 4.98 Å². The Hall–Kier alpha value is -3.65. The summed E-state index contributed by atoms with van der Waals surface area (Å²) in [6.07, 6.45) is -4.53. The van der Waals surface area contributed by atoms with Gasteiger partial charge >= 0.3 is 6.18 Å². The van der Waals surface area contributed by atoms with Crippen molar-refractivity contribution in [1.82, 2.24) is 9.97 Å². The van der Waals surface area contributed by atoms with E-state index in [1.807, 2.05) is 60.7 Å². The fraction of sp³-hybridized carbons (Fsp3) is 0.130. The number of benzene rings is 3. The molecule has 0 radical (unpaired) electrons. The van der Waals surface area contributed by atoms with E-state index in [9.17, 15) is 18.0 Å². The number of fused-ring (bicyclic) bond motifs is 1. The molecule has 2 atom stereocenters. The van der Waals surface area contributed by atoms with Crippen molar-refractivity contribution < 1.29 is 13.2 Å². The molecule has 4 aromatic rings. The van der Waals surface area contributed by atoms with Crippen LogP contribution in [0, 0.1) is 0 Å². The van der Waals surface area contributed by atoms with Gasteiger partial charge in [-0.1, -0.05) is 60.7 Å². The first-order valence-electron chi connectivity index (χ1n) is 9.56. The Balaban J connectivity index is 1.76. The van der Waals surface area contributed by atoms with Crippen molar-refractivity contribution in [2.45, 2.75) is 18.3 Å². The topological polar surface area (TPSA) is 83.8 Å². The average molecular weight is 424 g/mol. The first kappa shape index (κ1) is 20.6. The van der Waals surface area contributed by atoms with E-state index in [4.69, 9.17) is 5.73 Å². The van der Waals surface area contributed by atoms with E-state index >= 15 is 0 Å². The molecule has 158 valence electrons. The molecular formula is C23H19F3N4O. The highest BCUT2D eigenvalue weighted by Gasteiger charge is 2.31. The number of nitrogens with zero attached hydrogens (tertiary/aromatic N) is 1. The van der Waals surface area contributed by atoms with Crippen LogP contribution < -0.4 is 16.6 Å². The second kappa shape index (κ2) is 8.23. The molecule has 1 heterocycles. The monoisotopic (exact) mass is 424 g/mol. The van der Waals surface area contributed by atoms with Crippen LogP contribution in [0.25, 0.3) is 10.9 Å². The summed E-state index contributed by atoms with van der Waals surface area (Å²) in [5, 5.41) is 3.18. The molecule has 0 aliphatic heterocycles. The van der Waals surface area contributed by atoms with Gasteiger partial charge in [0.25, 0.3) is 5.56 Å². The van der Waals surface area contributed by atoms with E-state index in [0.29, 0.717) is 0 Å². The van der Waals surface area contributed by atoms with Crippen LogP contribution in [0.3, 0.4) is 0 Å². The van der Waals surface area contributed by atoms with Crippen molar-refractivity contribution in [3.05, 3.63) is 106 Å². The molecule has 0 saturated heterocycles. The summed E-state index contributed by atoms with van der Waals surface area (Å²) in [7, 11) is 0. The number of aromatic amines is 1. The Kier molecular flexibility index (Phi) is 5.48. The van der Waals surface area contributed by atoms with Crippen LogP contribution >= 0.6 is 0 Å². The van der Waals surface area contributed by atoms with Gasteiger partial charge in [0.1, 0.15) is 0 Å². The van der Waals surface area contributed by atoms with E-state index < -0.39 is 29.4 Å². The number of nitrogens with two attached hydrogens (primary N) is 1. The molecule has 0 unspecified atom stereocenters. The summed E-state index contributed by atoms with van der Waals surface area (Å²) in [6.45, 7) is 0. The first-order chi connectivity index (χ1) is 14.8. The van der Waals surface area contributed by atoms with Crippen molar-refractivity contribution in [2.24, 2.45) is 5.73 Å². The first-order valence-corrected chi connectivity index (χ1v) is 9.56. The smallest absolute Gasteiger partial charge is 0.347 e. The van der Waals surface area contributed by atoms with Gasteiger partial charge in [-0.05, 0) is 29.3 Å². The molecule has 0 spiro atoms. The lowest BCUT2D eigenvalue weighted by Crippen LogP contribution is -2.27. The zero-order valence-corrected chi connectivity index (χ0v) is 16.2. The Morgan fingerprint density at radius 1 is 0.903 bits per heavy atom. The Morgan fingerprint density at radius 3 is 2.13 bits per heavy atom. The highest BCUT2D eigenvalue weighted by molar-refractivity contribution is 5.79. The summed E-state index contributed by atoms with van der Waals surface area (Å²) in [5.41, 5.74) is 6.75. The molecule has 1 aromatic heterocycles. The lowest BCUT2D eigenvalue weighted by Gasteiger charge is -2.26. The van der Waals surface area contributed by atoms with E-state index in [2.05, 4.69) is 15.3 Å². The largest absolute Gasteiger partial charge is 0.416 e. The Morgan fingerprint density at radius 2 is 1.52 bits per heavy atom. The van der Waals surface area contributed by atoms with Gasteiger partial charge in [0.05, 0.1) is 28.6 Å². The zero-order chi connectivity index (χ0) is 22.0. The van der Waals surface area contributed by atoms with Gasteiger partial charge in [-0.3, -0.25) is 9.78 Å². The molecule has 4 N–H and O–H groups in total. The van der Waals surface area contributed by atoms with Gasteiger partial charge in [-0.15, -0.1) is 0 Å². The predicted octanol–water partition coefficient (Wildman–Crippen LogP) is 4.80. The van der Waals surface area contributed by atoms with Gasteiger partial charge in [0, 0.05) is 0 Å². The molecule has 3 aromatic carbocycles. The fourth-order valence-corrected chi connectivity index (χ4v) is 3.44. The molecule has 4 rings (SSSR count). The predicted molar refractivity (Wildman–Crippen MR) is 114 cm³/mol. The van der Waals surface area contributed by atoms with Crippen LogP contribution in [0.4, 0.5) is 19.1 Å². The molecule has 0 fully saturated rings. The number of aromatic nitrogens is 2. The molecule has 0 bridgehead atoms. The number of halogens is 3. The maximum absolute atomic E-state index is 13.1. The number of hydrogen-bond acceptors (Lipinski definition) is 4. The SMILES string of the molecule is N[C@H](c1ccccc1)[C@H](Nc1nc2cc(C(F)(F)F)ccc2c(=O)[nH]1)c1ccccc1. The van der Waals surface area contributed by atoms with Crippen LogP contribution in [0.15, 0.2) is 83.7 Å². The van der Waals surface area contributed by atoms with Crippen LogP contribution in [-0.4, -0.2) is 9.97 Å². The average Bonchev–Trinajstić information content (AvgIpc) is 2.77. The molecule has 0 amide bonds. The van der Waals surface area contributed by atoms with Crippen molar-refractivity contribution in [3.8, 4) is 0 Å². The van der Waals surface area contributed by atoms with Crippen LogP contribution in [0.5, 0.6) is 0 Å². The third-order valence-electron chi connectivity index (χ3n) is 5.03. The maximum atomic E-state index is 13.1. The number of alkyl halides is 3. The van der Waals surface area contributed by atoms with E-state index in [-0.39, 0.29) is 16.9 Å². The van der Waals surface area contributed by atoms with Crippen LogP contribution in [0.1, 0.15) is 28.8 Å². The van der Waals surface area contributed by atoms with Gasteiger partial charge in [0.2, 0.25) is 5.95 Å². The third kappa shape index (κ3) is 4.44. The van der Waals surface area contributed by atoms with E-state index in [0.717, 1.165) is 29.3 Å². The quantitative estimate of drug-likeness (QED) is 0.430. The van der Waals surface area contributed by atoms with Crippen molar-refractivity contribution >= 4 is 16.9 Å². The minimum atomic E-state index is -4.53. The summed E-state index contributed by atoms with van der Waals surface area (Å²) in [5.74, 6) is 0.0389. The van der Waals surface area contributed by atoms with E-state index in [1.165, 1.54) is 0 Å². The Bertz CT molecular complexity index is 1240. The zero-order valence-electron chi connectivity index (χ0n) is 16.2. The molecule has 0 aliphatic carbocycles. The molecule has 8 heteroatoms. The highest BCUT2D eigenvalue weighted by Crippen LogP contribution is 2.32. The van der Waals surface area contributed by atoms with Crippen molar-refractivity contribution in [3.63, 3.8) is 0 Å². The minimum absolute atomic E-state index is 0.0389. The molecular weight excluding hydrogens is 405 g/mol. The number of hydrogen-bond donors (Lipinski definition) is 3. The number of anilines is 1. The highest BCUT2D eigenvalue weighted by atomic mass is 19.4. The summed E-state index contributed by atoms with van der Waals surface area (Å²) >= 11 is 0.